The molecule has 2 aromatic rings. The molecular formula is C15H16N2O4. The summed E-state index contributed by atoms with van der Waals surface area (Å²) in [6.45, 7) is 2.40. The molecule has 3 rings (SSSR count). The molecule has 1 fully saturated rings. The molecule has 0 bridgehead atoms. The van der Waals surface area contributed by atoms with Gasteiger partial charge in [0.15, 0.2) is 0 Å². The molecule has 1 unspecified atom stereocenters. The molecule has 1 aliphatic rings. The first-order valence-corrected chi connectivity index (χ1v) is 6.86. The van der Waals surface area contributed by atoms with E-state index in [4.69, 9.17) is 9.15 Å². The molecule has 2 N–H and O–H groups in total. The highest BCUT2D eigenvalue weighted by Gasteiger charge is 2.17. The maximum Gasteiger partial charge on any atom is 0.349 e. The largest absolute Gasteiger partial charge is 0.422 e. The summed E-state index contributed by atoms with van der Waals surface area (Å²) in [5.41, 5.74) is -0.133. The fourth-order valence-electron chi connectivity index (χ4n) is 2.28. The molecule has 1 amide bonds. The molecule has 110 valence electrons. The lowest BCUT2D eigenvalue weighted by Crippen LogP contribution is -2.48. The van der Waals surface area contributed by atoms with Crippen molar-refractivity contribution in [1.82, 2.24) is 10.6 Å². The lowest BCUT2D eigenvalue weighted by Gasteiger charge is -2.23. The summed E-state index contributed by atoms with van der Waals surface area (Å²) in [7, 11) is 0. The molecule has 0 saturated carbocycles. The van der Waals surface area contributed by atoms with E-state index in [2.05, 4.69) is 10.6 Å². The molecule has 6 heteroatoms. The van der Waals surface area contributed by atoms with Crippen LogP contribution >= 0.6 is 0 Å². The number of nitrogens with one attached hydrogen (secondary N) is 2. The van der Waals surface area contributed by atoms with Gasteiger partial charge < -0.3 is 19.8 Å². The molecule has 0 spiro atoms. The van der Waals surface area contributed by atoms with Gasteiger partial charge in [0.1, 0.15) is 11.1 Å². The number of rotatable bonds is 3. The molecule has 1 aromatic heterocycles. The molecular weight excluding hydrogens is 272 g/mol. The molecule has 2 heterocycles. The highest BCUT2D eigenvalue weighted by atomic mass is 16.5. The Hall–Kier alpha value is -2.18. The minimum atomic E-state index is -0.626. The fraction of sp³-hybridized carbons (Fsp3) is 0.333. The summed E-state index contributed by atoms with van der Waals surface area (Å²) in [6.07, 6.45) is 0. The monoisotopic (exact) mass is 288 g/mol. The third-order valence-electron chi connectivity index (χ3n) is 3.39. The molecule has 1 aromatic carbocycles. The van der Waals surface area contributed by atoms with E-state index >= 15 is 0 Å². The first kappa shape index (κ1) is 13.8. The van der Waals surface area contributed by atoms with Crippen LogP contribution < -0.4 is 16.3 Å². The third kappa shape index (κ3) is 3.12. The Morgan fingerprint density at radius 3 is 3.05 bits per heavy atom. The number of benzene rings is 1. The summed E-state index contributed by atoms with van der Waals surface area (Å²) < 4.78 is 10.5. The molecule has 1 saturated heterocycles. The zero-order valence-electron chi connectivity index (χ0n) is 11.4. The van der Waals surface area contributed by atoms with E-state index in [0.717, 1.165) is 11.9 Å². The van der Waals surface area contributed by atoms with E-state index in [1.54, 1.807) is 24.3 Å². The van der Waals surface area contributed by atoms with Crippen molar-refractivity contribution in [2.75, 3.05) is 26.3 Å². The number of hydrogen-bond acceptors (Lipinski definition) is 5. The molecule has 0 aliphatic carbocycles. The van der Waals surface area contributed by atoms with Crippen molar-refractivity contribution in [2.24, 2.45) is 0 Å². The lowest BCUT2D eigenvalue weighted by molar-refractivity contribution is 0.0734. The number of carbonyl (C=O) groups is 1. The van der Waals surface area contributed by atoms with Crippen LogP contribution in [0.2, 0.25) is 0 Å². The molecule has 21 heavy (non-hydrogen) atoms. The van der Waals surface area contributed by atoms with Crippen LogP contribution in [0.1, 0.15) is 10.4 Å². The van der Waals surface area contributed by atoms with Crippen LogP contribution in [-0.2, 0) is 4.74 Å². The van der Waals surface area contributed by atoms with E-state index < -0.39 is 11.5 Å². The van der Waals surface area contributed by atoms with E-state index in [0.29, 0.717) is 25.3 Å². The number of para-hydroxylation sites is 1. The first-order valence-electron chi connectivity index (χ1n) is 6.86. The van der Waals surface area contributed by atoms with Gasteiger partial charge in [-0.1, -0.05) is 18.2 Å². The van der Waals surface area contributed by atoms with Crippen LogP contribution in [0.4, 0.5) is 0 Å². The minimum absolute atomic E-state index is 0.0189. The highest BCUT2D eigenvalue weighted by molar-refractivity contribution is 5.96. The number of ether oxygens (including phenoxy) is 1. The second kappa shape index (κ2) is 6.07. The Balaban J connectivity index is 1.74. The van der Waals surface area contributed by atoms with Crippen molar-refractivity contribution < 1.29 is 13.9 Å². The average Bonchev–Trinajstić information content (AvgIpc) is 2.53. The van der Waals surface area contributed by atoms with Gasteiger partial charge in [-0.3, -0.25) is 4.79 Å². The predicted octanol–water partition coefficient (Wildman–Crippen LogP) is 0.511. The van der Waals surface area contributed by atoms with Crippen LogP contribution in [0.15, 0.2) is 39.5 Å². The van der Waals surface area contributed by atoms with Crippen LogP contribution in [0.3, 0.4) is 0 Å². The van der Waals surface area contributed by atoms with E-state index in [1.165, 1.54) is 0 Å². The normalized spacial score (nSPS) is 18.6. The number of fused-ring (bicyclic) bond motifs is 1. The van der Waals surface area contributed by atoms with E-state index in [9.17, 15) is 9.59 Å². The SMILES string of the molecule is O=C(NCC1COCCN1)c1cc2ccccc2oc1=O. The molecule has 6 nitrogen and oxygen atoms in total. The molecule has 1 atom stereocenters. The Bertz CT molecular complexity index is 704. The fourth-order valence-corrected chi connectivity index (χ4v) is 2.28. The number of morpholine rings is 1. The second-order valence-corrected chi connectivity index (χ2v) is 4.92. The topological polar surface area (TPSA) is 80.6 Å². The first-order chi connectivity index (χ1) is 10.2. The smallest absolute Gasteiger partial charge is 0.349 e. The van der Waals surface area contributed by atoms with Gasteiger partial charge in [0.2, 0.25) is 0 Å². The molecule has 0 radical (unpaired) electrons. The predicted molar refractivity (Wildman–Crippen MR) is 77.4 cm³/mol. The molecule has 1 aliphatic heterocycles. The van der Waals surface area contributed by atoms with Gasteiger partial charge in [0.05, 0.1) is 13.2 Å². The summed E-state index contributed by atoms with van der Waals surface area (Å²) in [4.78, 5) is 24.0. The standard InChI is InChI=1S/C15H16N2O4/c18-14(17-8-11-9-20-6-5-16-11)12-7-10-3-1-2-4-13(10)21-15(12)19/h1-4,7,11,16H,5-6,8-9H2,(H,17,18). The Kier molecular flexibility index (Phi) is 3.98. The van der Waals surface area contributed by atoms with Gasteiger partial charge in [-0.25, -0.2) is 4.79 Å². The Labute approximate surface area is 121 Å². The average molecular weight is 288 g/mol. The van der Waals surface area contributed by atoms with Gasteiger partial charge in [-0.05, 0) is 12.1 Å². The van der Waals surface area contributed by atoms with Crippen molar-refractivity contribution in [3.05, 3.63) is 46.3 Å². The summed E-state index contributed by atoms with van der Waals surface area (Å²) in [5.74, 6) is -0.429. The van der Waals surface area contributed by atoms with Gasteiger partial charge in [0.25, 0.3) is 5.91 Å². The summed E-state index contributed by atoms with van der Waals surface area (Å²) in [6, 6.07) is 8.72. The van der Waals surface area contributed by atoms with E-state index in [-0.39, 0.29) is 11.6 Å². The Morgan fingerprint density at radius 2 is 2.24 bits per heavy atom. The van der Waals surface area contributed by atoms with Crippen molar-refractivity contribution in [1.29, 1.82) is 0 Å². The van der Waals surface area contributed by atoms with Gasteiger partial charge in [0, 0.05) is 24.5 Å². The summed E-state index contributed by atoms with van der Waals surface area (Å²) in [5, 5.41) is 6.69. The minimum Gasteiger partial charge on any atom is -0.422 e. The van der Waals surface area contributed by atoms with Crippen LogP contribution in [0.25, 0.3) is 11.0 Å². The quantitative estimate of drug-likeness (QED) is 0.804. The number of carbonyl (C=O) groups excluding carboxylic acids is 1. The van der Waals surface area contributed by atoms with E-state index in [1.807, 2.05) is 6.07 Å². The Morgan fingerprint density at radius 1 is 1.38 bits per heavy atom. The number of hydrogen-bond donors (Lipinski definition) is 2. The maximum absolute atomic E-state index is 12.1. The van der Waals surface area contributed by atoms with Crippen molar-refractivity contribution in [3.8, 4) is 0 Å². The lowest BCUT2D eigenvalue weighted by atomic mass is 10.1. The van der Waals surface area contributed by atoms with Crippen LogP contribution in [0.5, 0.6) is 0 Å². The zero-order chi connectivity index (χ0) is 14.7. The number of amides is 1. The summed E-state index contributed by atoms with van der Waals surface area (Å²) >= 11 is 0. The zero-order valence-corrected chi connectivity index (χ0v) is 11.4. The van der Waals surface area contributed by atoms with Crippen LogP contribution in [0, 0.1) is 0 Å². The third-order valence-corrected chi connectivity index (χ3v) is 3.39. The van der Waals surface area contributed by atoms with Crippen molar-refractivity contribution in [3.63, 3.8) is 0 Å². The van der Waals surface area contributed by atoms with Crippen LogP contribution in [-0.4, -0.2) is 38.3 Å². The van der Waals surface area contributed by atoms with Gasteiger partial charge in [-0.2, -0.15) is 0 Å². The van der Waals surface area contributed by atoms with Crippen molar-refractivity contribution >= 4 is 16.9 Å². The van der Waals surface area contributed by atoms with Gasteiger partial charge in [-0.15, -0.1) is 0 Å². The maximum atomic E-state index is 12.1. The van der Waals surface area contributed by atoms with Crippen molar-refractivity contribution in [2.45, 2.75) is 6.04 Å². The highest BCUT2D eigenvalue weighted by Crippen LogP contribution is 2.12. The second-order valence-electron chi connectivity index (χ2n) is 4.92. The van der Waals surface area contributed by atoms with Gasteiger partial charge >= 0.3 is 5.63 Å².